The van der Waals surface area contributed by atoms with Crippen molar-refractivity contribution in [2.75, 3.05) is 7.11 Å². The van der Waals surface area contributed by atoms with Crippen LogP contribution < -0.4 is 9.47 Å². The highest BCUT2D eigenvalue weighted by Gasteiger charge is 2.19. The Balaban J connectivity index is 3.21. The van der Waals surface area contributed by atoms with E-state index in [0.29, 0.717) is 0 Å². The van der Waals surface area contributed by atoms with Gasteiger partial charge in [0.05, 0.1) is 12.0 Å². The molecule has 0 amide bonds. The van der Waals surface area contributed by atoms with Gasteiger partial charge in [0.2, 0.25) is 5.75 Å². The smallest absolute Gasteiger partial charge is 0.314 e. The van der Waals surface area contributed by atoms with Crippen molar-refractivity contribution in [3.63, 3.8) is 0 Å². The normalized spacial score (nSPS) is 9.47. The average molecular weight is 211 g/mol. The highest BCUT2D eigenvalue weighted by Crippen LogP contribution is 2.36. The maximum atomic E-state index is 10.7. The highest BCUT2D eigenvalue weighted by atomic mass is 16.6. The standard InChI is InChI=1S/C9H9NO5/c1-6(11)15-8-5-3-4-7(10(12)13)9(8)14-2/h3-5H,1-2H3. The van der Waals surface area contributed by atoms with Crippen LogP contribution in [-0.4, -0.2) is 18.0 Å². The summed E-state index contributed by atoms with van der Waals surface area (Å²) < 4.78 is 9.58. The van der Waals surface area contributed by atoms with Crippen LogP contribution in [0.3, 0.4) is 0 Å². The van der Waals surface area contributed by atoms with E-state index in [1.165, 1.54) is 32.2 Å². The SMILES string of the molecule is COc1c(OC(C)=O)cccc1[N+](=O)[O-]. The van der Waals surface area contributed by atoms with Crippen LogP contribution in [0, 0.1) is 10.1 Å². The third-order valence-electron chi connectivity index (χ3n) is 1.61. The monoisotopic (exact) mass is 211 g/mol. The Labute approximate surface area is 85.6 Å². The number of carbonyl (C=O) groups excluding carboxylic acids is 1. The van der Waals surface area contributed by atoms with Crippen molar-refractivity contribution in [3.05, 3.63) is 28.3 Å². The second kappa shape index (κ2) is 4.41. The van der Waals surface area contributed by atoms with Gasteiger partial charge in [0.25, 0.3) is 0 Å². The molecule has 1 rings (SSSR count). The van der Waals surface area contributed by atoms with Crippen LogP contribution in [0.25, 0.3) is 0 Å². The van der Waals surface area contributed by atoms with Crippen LogP contribution >= 0.6 is 0 Å². The van der Waals surface area contributed by atoms with Gasteiger partial charge in [-0.05, 0) is 6.07 Å². The molecule has 0 saturated carbocycles. The number of rotatable bonds is 3. The molecule has 0 spiro atoms. The van der Waals surface area contributed by atoms with E-state index in [2.05, 4.69) is 0 Å². The van der Waals surface area contributed by atoms with Gasteiger partial charge in [-0.3, -0.25) is 14.9 Å². The van der Waals surface area contributed by atoms with Gasteiger partial charge < -0.3 is 9.47 Å². The first kappa shape index (κ1) is 11.0. The summed E-state index contributed by atoms with van der Waals surface area (Å²) in [6, 6.07) is 4.11. The first-order valence-electron chi connectivity index (χ1n) is 4.06. The number of methoxy groups -OCH3 is 1. The molecule has 0 aliphatic heterocycles. The number of ether oxygens (including phenoxy) is 2. The van der Waals surface area contributed by atoms with Gasteiger partial charge >= 0.3 is 11.7 Å². The van der Waals surface area contributed by atoms with Crippen molar-refractivity contribution in [2.24, 2.45) is 0 Å². The molecule has 0 saturated heterocycles. The summed E-state index contributed by atoms with van der Waals surface area (Å²) in [6.07, 6.45) is 0. The van der Waals surface area contributed by atoms with Crippen molar-refractivity contribution in [2.45, 2.75) is 6.92 Å². The molecule has 0 aliphatic carbocycles. The minimum Gasteiger partial charge on any atom is -0.488 e. The van der Waals surface area contributed by atoms with E-state index in [0.717, 1.165) is 0 Å². The van der Waals surface area contributed by atoms with Gasteiger partial charge in [0.15, 0.2) is 5.75 Å². The zero-order valence-corrected chi connectivity index (χ0v) is 8.22. The Hall–Kier alpha value is -2.11. The lowest BCUT2D eigenvalue weighted by Crippen LogP contribution is -2.04. The number of hydrogen-bond acceptors (Lipinski definition) is 5. The molecule has 1 aromatic rings. The molecule has 0 fully saturated rings. The Kier molecular flexibility index (Phi) is 3.22. The molecule has 15 heavy (non-hydrogen) atoms. The number of nitro benzene ring substituents is 1. The molecule has 0 aromatic heterocycles. The summed E-state index contributed by atoms with van der Waals surface area (Å²) in [7, 11) is 1.27. The molecule has 0 unspecified atom stereocenters. The van der Waals surface area contributed by atoms with Gasteiger partial charge in [-0.2, -0.15) is 0 Å². The molecule has 0 atom stereocenters. The minimum atomic E-state index is -0.605. The molecule has 1 aromatic carbocycles. The fraction of sp³-hybridized carbons (Fsp3) is 0.222. The summed E-state index contributed by atoms with van der Waals surface area (Å²) in [4.78, 5) is 20.7. The third-order valence-corrected chi connectivity index (χ3v) is 1.61. The molecule has 0 radical (unpaired) electrons. The number of esters is 1. The lowest BCUT2D eigenvalue weighted by molar-refractivity contribution is -0.385. The summed E-state index contributed by atoms with van der Waals surface area (Å²) in [6.45, 7) is 1.21. The zero-order chi connectivity index (χ0) is 11.4. The van der Waals surface area contributed by atoms with Gasteiger partial charge in [-0.15, -0.1) is 0 Å². The molecular weight excluding hydrogens is 202 g/mol. The highest BCUT2D eigenvalue weighted by molar-refractivity contribution is 5.71. The van der Waals surface area contributed by atoms with Crippen LogP contribution in [0.1, 0.15) is 6.92 Å². The number of nitro groups is 1. The van der Waals surface area contributed by atoms with E-state index in [-0.39, 0.29) is 17.2 Å². The number of para-hydroxylation sites is 1. The quantitative estimate of drug-likeness (QED) is 0.328. The Morgan fingerprint density at radius 1 is 1.47 bits per heavy atom. The van der Waals surface area contributed by atoms with Crippen molar-refractivity contribution in [1.29, 1.82) is 0 Å². The molecule has 80 valence electrons. The number of nitrogens with zero attached hydrogens (tertiary/aromatic N) is 1. The largest absolute Gasteiger partial charge is 0.488 e. The lowest BCUT2D eigenvalue weighted by atomic mass is 10.3. The third kappa shape index (κ3) is 2.43. The Bertz CT molecular complexity index is 401. The van der Waals surface area contributed by atoms with Crippen molar-refractivity contribution >= 4 is 11.7 Å². The molecule has 0 N–H and O–H groups in total. The summed E-state index contributed by atoms with van der Waals surface area (Å²) >= 11 is 0. The van der Waals surface area contributed by atoms with Crippen molar-refractivity contribution in [3.8, 4) is 11.5 Å². The predicted octanol–water partition coefficient (Wildman–Crippen LogP) is 1.53. The topological polar surface area (TPSA) is 78.7 Å². The Morgan fingerprint density at radius 2 is 2.13 bits per heavy atom. The van der Waals surface area contributed by atoms with E-state index >= 15 is 0 Å². The second-order valence-electron chi connectivity index (χ2n) is 2.66. The number of carbonyl (C=O) groups is 1. The summed E-state index contributed by atoms with van der Waals surface area (Å²) in [5, 5.41) is 10.6. The van der Waals surface area contributed by atoms with E-state index in [1.54, 1.807) is 0 Å². The first-order valence-corrected chi connectivity index (χ1v) is 4.06. The average Bonchev–Trinajstić information content (AvgIpc) is 2.16. The van der Waals surface area contributed by atoms with E-state index < -0.39 is 10.9 Å². The number of benzene rings is 1. The molecule has 0 aliphatic rings. The van der Waals surface area contributed by atoms with Crippen LogP contribution in [0.2, 0.25) is 0 Å². The van der Waals surface area contributed by atoms with Gasteiger partial charge in [0, 0.05) is 13.0 Å². The Morgan fingerprint density at radius 3 is 2.60 bits per heavy atom. The van der Waals surface area contributed by atoms with Crippen LogP contribution in [0.15, 0.2) is 18.2 Å². The van der Waals surface area contributed by atoms with Gasteiger partial charge in [0.1, 0.15) is 0 Å². The van der Waals surface area contributed by atoms with Gasteiger partial charge in [-0.25, -0.2) is 0 Å². The van der Waals surface area contributed by atoms with Crippen LogP contribution in [-0.2, 0) is 4.79 Å². The fourth-order valence-electron chi connectivity index (χ4n) is 1.09. The van der Waals surface area contributed by atoms with Crippen LogP contribution in [0.5, 0.6) is 11.5 Å². The van der Waals surface area contributed by atoms with Gasteiger partial charge in [-0.1, -0.05) is 6.07 Å². The molecule has 0 heterocycles. The molecule has 6 heteroatoms. The molecule has 6 nitrogen and oxygen atoms in total. The zero-order valence-electron chi connectivity index (χ0n) is 8.22. The lowest BCUT2D eigenvalue weighted by Gasteiger charge is -2.07. The van der Waals surface area contributed by atoms with Crippen molar-refractivity contribution < 1.29 is 19.2 Å². The number of hydrogen-bond donors (Lipinski definition) is 0. The summed E-state index contributed by atoms with van der Waals surface area (Å²) in [5.41, 5.74) is -0.240. The predicted molar refractivity (Wildman–Crippen MR) is 51.0 cm³/mol. The molecular formula is C9H9NO5. The molecule has 0 bridgehead atoms. The summed E-state index contributed by atoms with van der Waals surface area (Å²) in [5.74, 6) is -0.578. The first-order chi connectivity index (χ1) is 7.06. The maximum absolute atomic E-state index is 10.7. The minimum absolute atomic E-state index is 0.0409. The fourth-order valence-corrected chi connectivity index (χ4v) is 1.09. The van der Waals surface area contributed by atoms with E-state index in [9.17, 15) is 14.9 Å². The van der Waals surface area contributed by atoms with E-state index in [4.69, 9.17) is 9.47 Å². The maximum Gasteiger partial charge on any atom is 0.314 e. The van der Waals surface area contributed by atoms with E-state index in [1.807, 2.05) is 0 Å². The van der Waals surface area contributed by atoms with Crippen LogP contribution in [0.4, 0.5) is 5.69 Å². The second-order valence-corrected chi connectivity index (χ2v) is 2.66. The van der Waals surface area contributed by atoms with Crippen molar-refractivity contribution in [1.82, 2.24) is 0 Å².